The fourth-order valence-corrected chi connectivity index (χ4v) is 4.09. The summed E-state index contributed by atoms with van der Waals surface area (Å²) in [5.41, 5.74) is 3.22. The number of hydrogen-bond acceptors (Lipinski definition) is 6. The van der Waals surface area contributed by atoms with Gasteiger partial charge in [-0.1, -0.05) is 0 Å². The molecule has 1 aliphatic carbocycles. The van der Waals surface area contributed by atoms with Gasteiger partial charge in [0.1, 0.15) is 11.2 Å². The number of imidazole rings is 1. The van der Waals surface area contributed by atoms with Crippen LogP contribution in [0.2, 0.25) is 0 Å². The van der Waals surface area contributed by atoms with Crippen molar-refractivity contribution in [2.24, 2.45) is 5.92 Å². The third-order valence-electron chi connectivity index (χ3n) is 5.38. The second-order valence-corrected chi connectivity index (χ2v) is 7.73. The van der Waals surface area contributed by atoms with E-state index in [0.717, 1.165) is 41.7 Å². The van der Waals surface area contributed by atoms with E-state index in [-0.39, 0.29) is 0 Å². The Labute approximate surface area is 161 Å². The van der Waals surface area contributed by atoms with Gasteiger partial charge >= 0.3 is 0 Å². The molecule has 8 heteroatoms. The summed E-state index contributed by atoms with van der Waals surface area (Å²) in [5.74, 6) is 1.47. The number of anilines is 1. The van der Waals surface area contributed by atoms with Gasteiger partial charge in [0.05, 0.1) is 12.7 Å². The number of hydrogen-bond donors (Lipinski definition) is 2. The zero-order chi connectivity index (χ0) is 19.3. The number of nitrogens with zero attached hydrogens (tertiary/aromatic N) is 5. The fraction of sp³-hybridized carbons (Fsp3) is 0.350. The van der Waals surface area contributed by atoms with Crippen LogP contribution in [-0.2, 0) is 0 Å². The standard InChI is InChI=1S/C20H22N6O2/c1-20(27)9-13(10-20)11-22-19-23-18(28-2)17-15(5-7-26(17)24-19)14-3-4-16-21-6-8-25(16)12-14/h3-8,12-13,27H,9-11H2,1-2H3,(H,22,24). The summed E-state index contributed by atoms with van der Waals surface area (Å²) in [4.78, 5) is 8.84. The molecule has 1 aliphatic rings. The van der Waals surface area contributed by atoms with E-state index in [1.807, 2.05) is 48.1 Å². The molecule has 0 spiro atoms. The SMILES string of the molecule is COc1nc(NCC2CC(C)(O)C2)nn2ccc(-c3ccc4nccn4c3)c12. The van der Waals surface area contributed by atoms with Crippen LogP contribution in [0.1, 0.15) is 19.8 Å². The zero-order valence-corrected chi connectivity index (χ0v) is 15.8. The Morgan fingerprint density at radius 2 is 2.14 bits per heavy atom. The van der Waals surface area contributed by atoms with Crippen molar-refractivity contribution in [3.8, 4) is 17.0 Å². The van der Waals surface area contributed by atoms with Crippen molar-refractivity contribution in [1.29, 1.82) is 0 Å². The van der Waals surface area contributed by atoms with Crippen molar-refractivity contribution < 1.29 is 9.84 Å². The predicted molar refractivity (Wildman–Crippen MR) is 106 cm³/mol. The third-order valence-corrected chi connectivity index (χ3v) is 5.38. The Morgan fingerprint density at radius 3 is 2.93 bits per heavy atom. The van der Waals surface area contributed by atoms with Gasteiger partial charge in [-0.2, -0.15) is 4.98 Å². The number of aromatic nitrogens is 5. The molecule has 144 valence electrons. The van der Waals surface area contributed by atoms with Crippen molar-refractivity contribution in [2.75, 3.05) is 19.0 Å². The molecule has 0 aliphatic heterocycles. The molecule has 28 heavy (non-hydrogen) atoms. The van der Waals surface area contributed by atoms with E-state index in [4.69, 9.17) is 4.74 Å². The molecule has 4 aromatic heterocycles. The van der Waals surface area contributed by atoms with Crippen LogP contribution in [0.5, 0.6) is 5.88 Å². The Morgan fingerprint density at radius 1 is 1.29 bits per heavy atom. The van der Waals surface area contributed by atoms with Crippen molar-refractivity contribution in [2.45, 2.75) is 25.4 Å². The van der Waals surface area contributed by atoms with Crippen molar-refractivity contribution in [3.63, 3.8) is 0 Å². The lowest BCUT2D eigenvalue weighted by Gasteiger charge is -2.40. The van der Waals surface area contributed by atoms with E-state index in [1.54, 1.807) is 17.8 Å². The molecule has 0 radical (unpaired) electrons. The quantitative estimate of drug-likeness (QED) is 0.555. The summed E-state index contributed by atoms with van der Waals surface area (Å²) in [5, 5.41) is 17.7. The van der Waals surface area contributed by atoms with Crippen molar-refractivity contribution >= 4 is 17.1 Å². The normalized spacial score (nSPS) is 21.8. The van der Waals surface area contributed by atoms with Crippen LogP contribution in [0.3, 0.4) is 0 Å². The van der Waals surface area contributed by atoms with E-state index in [2.05, 4.69) is 20.4 Å². The molecule has 1 fully saturated rings. The van der Waals surface area contributed by atoms with Gasteiger partial charge in [0.25, 0.3) is 0 Å². The monoisotopic (exact) mass is 378 g/mol. The molecule has 0 aromatic carbocycles. The second kappa shape index (κ2) is 6.20. The summed E-state index contributed by atoms with van der Waals surface area (Å²) >= 11 is 0. The van der Waals surface area contributed by atoms with Crippen LogP contribution in [-0.4, -0.2) is 48.3 Å². The highest BCUT2D eigenvalue weighted by atomic mass is 16.5. The van der Waals surface area contributed by atoms with Crippen molar-refractivity contribution in [3.05, 3.63) is 43.0 Å². The molecule has 1 saturated carbocycles. The topological polar surface area (TPSA) is 89.0 Å². The molecule has 5 rings (SSSR count). The average molecular weight is 378 g/mol. The largest absolute Gasteiger partial charge is 0.479 e. The van der Waals surface area contributed by atoms with Gasteiger partial charge in [0.2, 0.25) is 11.8 Å². The molecular formula is C20H22N6O2. The summed E-state index contributed by atoms with van der Waals surface area (Å²) < 4.78 is 9.34. The van der Waals surface area contributed by atoms with Crippen LogP contribution in [0, 0.1) is 5.92 Å². The maximum absolute atomic E-state index is 9.88. The summed E-state index contributed by atoms with van der Waals surface area (Å²) in [6, 6.07) is 6.03. The maximum atomic E-state index is 9.88. The van der Waals surface area contributed by atoms with E-state index in [0.29, 0.717) is 17.7 Å². The van der Waals surface area contributed by atoms with Gasteiger partial charge in [0, 0.05) is 42.5 Å². The molecule has 0 unspecified atom stereocenters. The maximum Gasteiger partial charge on any atom is 0.244 e. The number of methoxy groups -OCH3 is 1. The van der Waals surface area contributed by atoms with Crippen LogP contribution < -0.4 is 10.1 Å². The molecule has 2 N–H and O–H groups in total. The van der Waals surface area contributed by atoms with E-state index < -0.39 is 5.60 Å². The first-order valence-corrected chi connectivity index (χ1v) is 9.35. The highest BCUT2D eigenvalue weighted by Crippen LogP contribution is 2.37. The van der Waals surface area contributed by atoms with Crippen LogP contribution in [0.15, 0.2) is 43.0 Å². The van der Waals surface area contributed by atoms with E-state index >= 15 is 0 Å². The molecular weight excluding hydrogens is 356 g/mol. The first kappa shape index (κ1) is 17.0. The first-order chi connectivity index (χ1) is 13.5. The number of aliphatic hydroxyl groups is 1. The number of nitrogens with one attached hydrogen (secondary N) is 1. The smallest absolute Gasteiger partial charge is 0.244 e. The fourth-order valence-electron chi connectivity index (χ4n) is 4.09. The lowest BCUT2D eigenvalue weighted by molar-refractivity contribution is -0.0524. The Balaban J connectivity index is 1.47. The predicted octanol–water partition coefficient (Wildman–Crippen LogP) is 2.63. The van der Waals surface area contributed by atoms with Crippen LogP contribution in [0.4, 0.5) is 5.95 Å². The van der Waals surface area contributed by atoms with E-state index in [1.165, 1.54) is 0 Å². The number of pyridine rings is 1. The molecule has 0 amide bonds. The van der Waals surface area contributed by atoms with Gasteiger partial charge in [-0.15, -0.1) is 5.10 Å². The minimum absolute atomic E-state index is 0.433. The van der Waals surface area contributed by atoms with Gasteiger partial charge in [0.15, 0.2) is 0 Å². The Hall–Kier alpha value is -3.13. The van der Waals surface area contributed by atoms with Crippen LogP contribution in [0.25, 0.3) is 22.3 Å². The van der Waals surface area contributed by atoms with Gasteiger partial charge in [-0.3, -0.25) is 0 Å². The molecule has 4 aromatic rings. The second-order valence-electron chi connectivity index (χ2n) is 7.73. The molecule has 4 heterocycles. The highest BCUT2D eigenvalue weighted by Gasteiger charge is 2.38. The molecule has 8 nitrogen and oxygen atoms in total. The number of ether oxygens (including phenoxy) is 1. The Bertz CT molecular complexity index is 1150. The highest BCUT2D eigenvalue weighted by molar-refractivity contribution is 5.84. The lowest BCUT2D eigenvalue weighted by atomic mass is 9.72. The number of fused-ring (bicyclic) bond motifs is 2. The zero-order valence-electron chi connectivity index (χ0n) is 15.8. The summed E-state index contributed by atoms with van der Waals surface area (Å²) in [6.45, 7) is 2.60. The minimum Gasteiger partial charge on any atom is -0.479 e. The first-order valence-electron chi connectivity index (χ1n) is 9.35. The van der Waals surface area contributed by atoms with E-state index in [9.17, 15) is 5.11 Å². The third kappa shape index (κ3) is 2.86. The molecule has 0 bridgehead atoms. The molecule has 0 atom stereocenters. The summed E-state index contributed by atoms with van der Waals surface area (Å²) in [6.07, 6.45) is 9.23. The number of rotatable bonds is 5. The lowest BCUT2D eigenvalue weighted by Crippen LogP contribution is -2.43. The summed E-state index contributed by atoms with van der Waals surface area (Å²) in [7, 11) is 1.62. The van der Waals surface area contributed by atoms with Crippen LogP contribution >= 0.6 is 0 Å². The van der Waals surface area contributed by atoms with Crippen molar-refractivity contribution in [1.82, 2.24) is 24.0 Å². The minimum atomic E-state index is -0.527. The van der Waals surface area contributed by atoms with Gasteiger partial charge in [-0.05, 0) is 43.9 Å². The molecule has 0 saturated heterocycles. The van der Waals surface area contributed by atoms with Gasteiger partial charge in [-0.25, -0.2) is 9.50 Å². The average Bonchev–Trinajstić information content (AvgIpc) is 3.29. The Kier molecular flexibility index (Phi) is 3.77. The van der Waals surface area contributed by atoms with Gasteiger partial charge < -0.3 is 19.6 Å².